The van der Waals surface area contributed by atoms with Crippen LogP contribution in [-0.4, -0.2) is 88.0 Å². The Bertz CT molecular complexity index is 1830. The molecule has 264 valence electrons. The molecule has 3 aromatic rings. The lowest BCUT2D eigenvalue weighted by Gasteiger charge is -2.54. The smallest absolute Gasteiger partial charge is 0.340 e. The fraction of sp³-hybridized carbons (Fsp3) is 0.459. The highest BCUT2D eigenvalue weighted by atomic mass is 35.5. The molecule has 0 aliphatic carbocycles. The highest BCUT2D eigenvalue weighted by Gasteiger charge is 2.50. The van der Waals surface area contributed by atoms with E-state index in [1.54, 1.807) is 30.3 Å². The number of para-hydroxylation sites is 1. The number of amides is 1. The van der Waals surface area contributed by atoms with Gasteiger partial charge in [-0.2, -0.15) is 0 Å². The zero-order valence-electron chi connectivity index (χ0n) is 28.1. The molecule has 1 amide bonds. The molecule has 8 rings (SSSR count). The van der Waals surface area contributed by atoms with Crippen molar-refractivity contribution < 1.29 is 37.7 Å². The number of halogens is 3. The Morgan fingerprint density at radius 1 is 0.960 bits per heavy atom. The molecule has 5 heterocycles. The van der Waals surface area contributed by atoms with Gasteiger partial charge in [0, 0.05) is 27.8 Å². The van der Waals surface area contributed by atoms with E-state index in [-0.39, 0.29) is 63.4 Å². The van der Waals surface area contributed by atoms with E-state index in [1.165, 1.54) is 18.1 Å². The largest absolute Gasteiger partial charge is 0.472 e. The van der Waals surface area contributed by atoms with Gasteiger partial charge in [-0.15, -0.1) is 0 Å². The number of esters is 1. The van der Waals surface area contributed by atoms with Crippen LogP contribution >= 0.6 is 23.2 Å². The number of carbonyl (C=O) groups is 2. The highest BCUT2D eigenvalue weighted by molar-refractivity contribution is 6.40. The van der Waals surface area contributed by atoms with E-state index in [4.69, 9.17) is 46.9 Å². The number of hydrogen-bond donors (Lipinski definition) is 0. The number of methoxy groups -OCH3 is 1. The van der Waals surface area contributed by atoms with Crippen molar-refractivity contribution in [3.8, 4) is 16.9 Å². The number of anilines is 2. The summed E-state index contributed by atoms with van der Waals surface area (Å²) in [5, 5.41) is 0.448. The average Bonchev–Trinajstić information content (AvgIpc) is 3.32. The predicted octanol–water partition coefficient (Wildman–Crippen LogP) is 6.54. The van der Waals surface area contributed by atoms with Gasteiger partial charge in [0.25, 0.3) is 5.91 Å². The summed E-state index contributed by atoms with van der Waals surface area (Å²) in [6.07, 6.45) is 1.84. The minimum absolute atomic E-state index is 0.0274. The quantitative estimate of drug-likeness (QED) is 0.272. The predicted molar refractivity (Wildman–Crippen MR) is 186 cm³/mol. The topological polar surface area (TPSA) is 90.0 Å². The van der Waals surface area contributed by atoms with Gasteiger partial charge < -0.3 is 38.4 Å². The summed E-state index contributed by atoms with van der Waals surface area (Å²) >= 11 is 13.4. The van der Waals surface area contributed by atoms with Gasteiger partial charge in [0.2, 0.25) is 5.79 Å². The minimum atomic E-state index is -0.642. The number of fused-ring (bicyclic) bond motifs is 3. The molecule has 1 spiro atoms. The maximum Gasteiger partial charge on any atom is 0.340 e. The number of hydrogen-bond acceptors (Lipinski definition) is 9. The fourth-order valence-corrected chi connectivity index (χ4v) is 8.27. The molecule has 10 nitrogen and oxygen atoms in total. The van der Waals surface area contributed by atoms with Crippen LogP contribution in [0.4, 0.5) is 15.8 Å². The van der Waals surface area contributed by atoms with Crippen LogP contribution in [0.3, 0.4) is 0 Å². The van der Waals surface area contributed by atoms with E-state index in [2.05, 4.69) is 23.6 Å². The molecule has 0 saturated carbocycles. The lowest BCUT2D eigenvalue weighted by atomic mass is 9.93. The number of carbonyl (C=O) groups excluding carboxylic acids is 2. The van der Waals surface area contributed by atoms with Gasteiger partial charge in [-0.05, 0) is 37.1 Å². The second-order valence-corrected chi connectivity index (χ2v) is 15.3. The van der Waals surface area contributed by atoms with Gasteiger partial charge in [0.15, 0.2) is 6.73 Å². The van der Waals surface area contributed by atoms with Gasteiger partial charge in [0.1, 0.15) is 11.6 Å². The molecule has 50 heavy (non-hydrogen) atoms. The third kappa shape index (κ3) is 5.77. The van der Waals surface area contributed by atoms with Gasteiger partial charge in [-0.1, -0.05) is 55.2 Å². The highest BCUT2D eigenvalue weighted by Crippen LogP contribution is 2.44. The van der Waals surface area contributed by atoms with Crippen molar-refractivity contribution in [1.82, 2.24) is 4.90 Å². The van der Waals surface area contributed by atoms with Gasteiger partial charge in [-0.3, -0.25) is 4.79 Å². The van der Waals surface area contributed by atoms with Crippen molar-refractivity contribution in [2.75, 3.05) is 63.2 Å². The third-order valence-electron chi connectivity index (χ3n) is 10.3. The molecule has 5 aliphatic rings. The van der Waals surface area contributed by atoms with Crippen molar-refractivity contribution in [1.29, 1.82) is 0 Å². The maximum absolute atomic E-state index is 15.9. The number of benzene rings is 3. The second kappa shape index (κ2) is 12.6. The summed E-state index contributed by atoms with van der Waals surface area (Å²) in [7, 11) is 1.29. The molecular weight excluding hydrogens is 688 g/mol. The maximum atomic E-state index is 15.9. The molecule has 13 heteroatoms. The first-order valence-electron chi connectivity index (χ1n) is 16.8. The summed E-state index contributed by atoms with van der Waals surface area (Å²) in [5.41, 5.74) is 3.20. The molecule has 4 fully saturated rings. The lowest BCUT2D eigenvalue weighted by Crippen LogP contribution is -2.68. The fourth-order valence-electron chi connectivity index (χ4n) is 7.64. The van der Waals surface area contributed by atoms with Crippen molar-refractivity contribution in [3.05, 3.63) is 75.0 Å². The number of rotatable bonds is 5. The SMILES string of the molecule is COC(=O)c1cc(F)c(-c2cccc3c2OCN(C(=O)c2c(Cl)cc(N4CC5(C4)OCC(C)(C)CO5)cc2Cl)C3)cc1N1C2CCC1COC2. The summed E-state index contributed by atoms with van der Waals surface area (Å²) in [6.45, 7) is 7.67. The van der Waals surface area contributed by atoms with Gasteiger partial charge in [0.05, 0.1) is 92.1 Å². The second-order valence-electron chi connectivity index (χ2n) is 14.5. The van der Waals surface area contributed by atoms with Crippen LogP contribution in [0.15, 0.2) is 42.5 Å². The van der Waals surface area contributed by atoms with E-state index in [0.717, 1.165) is 18.5 Å². The van der Waals surface area contributed by atoms with Crippen molar-refractivity contribution in [2.24, 2.45) is 5.41 Å². The zero-order chi connectivity index (χ0) is 34.9. The van der Waals surface area contributed by atoms with E-state index in [0.29, 0.717) is 62.1 Å². The first-order chi connectivity index (χ1) is 24.0. The van der Waals surface area contributed by atoms with Crippen LogP contribution in [0.1, 0.15) is 53.0 Å². The van der Waals surface area contributed by atoms with Crippen molar-refractivity contribution in [2.45, 2.75) is 51.1 Å². The Balaban J connectivity index is 1.03. The molecule has 2 bridgehead atoms. The average molecular weight is 727 g/mol. The summed E-state index contributed by atoms with van der Waals surface area (Å²) in [4.78, 5) is 32.4. The van der Waals surface area contributed by atoms with Crippen molar-refractivity contribution >= 4 is 46.5 Å². The molecular formula is C37H38Cl2FN3O7. The Morgan fingerprint density at radius 2 is 1.64 bits per heavy atom. The lowest BCUT2D eigenvalue weighted by molar-refractivity contribution is -0.307. The van der Waals surface area contributed by atoms with Gasteiger partial charge >= 0.3 is 5.97 Å². The van der Waals surface area contributed by atoms with Crippen LogP contribution < -0.4 is 14.5 Å². The van der Waals surface area contributed by atoms with E-state index in [1.807, 2.05) is 6.07 Å². The Hall–Kier alpha value is -3.61. The van der Waals surface area contributed by atoms with E-state index in [9.17, 15) is 9.59 Å². The summed E-state index contributed by atoms with van der Waals surface area (Å²) in [5.74, 6) is -1.75. The van der Waals surface area contributed by atoms with E-state index < -0.39 is 17.6 Å². The number of morpholine rings is 1. The standard InChI is InChI=1S/C37H38Cl2FN3O7/c1-36(2)18-49-37(50-19-36)16-42(17-37)24-9-28(38)32(29(39)10-24)34(44)41-13-21-5-4-6-25(33(21)48-20-41)26-12-31(27(11-30(26)40)35(45)46-3)43-22-7-8-23(43)15-47-14-22/h4-6,9-12,22-23H,7-8,13-20H2,1-3H3. The Morgan fingerprint density at radius 3 is 2.30 bits per heavy atom. The molecule has 0 aromatic heterocycles. The van der Waals surface area contributed by atoms with Crippen LogP contribution in [-0.2, 0) is 25.5 Å². The van der Waals surface area contributed by atoms with Crippen LogP contribution in [0.2, 0.25) is 10.0 Å². The molecule has 5 aliphatic heterocycles. The summed E-state index contributed by atoms with van der Waals surface area (Å²) in [6, 6.07) is 12.0. The molecule has 0 radical (unpaired) electrons. The summed E-state index contributed by atoms with van der Waals surface area (Å²) < 4.78 is 45.0. The monoisotopic (exact) mass is 725 g/mol. The first kappa shape index (κ1) is 33.5. The first-order valence-corrected chi connectivity index (χ1v) is 17.6. The Kier molecular flexibility index (Phi) is 8.42. The van der Waals surface area contributed by atoms with Crippen LogP contribution in [0.5, 0.6) is 5.75 Å². The normalized spacial score (nSPS) is 23.3. The van der Waals surface area contributed by atoms with Crippen molar-refractivity contribution in [3.63, 3.8) is 0 Å². The van der Waals surface area contributed by atoms with Crippen LogP contribution in [0, 0.1) is 11.2 Å². The zero-order valence-corrected chi connectivity index (χ0v) is 29.6. The van der Waals surface area contributed by atoms with Crippen LogP contribution in [0.25, 0.3) is 11.1 Å². The van der Waals surface area contributed by atoms with Gasteiger partial charge in [-0.25, -0.2) is 9.18 Å². The number of nitrogens with zero attached hydrogens (tertiary/aromatic N) is 3. The molecule has 4 saturated heterocycles. The Labute approximate surface area is 299 Å². The molecule has 0 N–H and O–H groups in total. The third-order valence-corrected chi connectivity index (χ3v) is 10.9. The number of ether oxygens (including phenoxy) is 5. The van der Waals surface area contributed by atoms with E-state index >= 15 is 4.39 Å². The molecule has 3 aromatic carbocycles. The molecule has 2 atom stereocenters. The molecule has 2 unspecified atom stereocenters. The minimum Gasteiger partial charge on any atom is -0.472 e.